The van der Waals surface area contributed by atoms with Gasteiger partial charge >= 0.3 is 0 Å². The first-order valence-electron chi connectivity index (χ1n) is 13.6. The molecule has 0 saturated carbocycles. The van der Waals surface area contributed by atoms with E-state index in [-0.39, 0.29) is 11.6 Å². The summed E-state index contributed by atoms with van der Waals surface area (Å²) in [5, 5.41) is 14.1. The van der Waals surface area contributed by atoms with Crippen molar-refractivity contribution in [3.8, 4) is 40.0 Å². The molecule has 0 N–H and O–H groups in total. The molecule has 0 bridgehead atoms. The zero-order valence-corrected chi connectivity index (χ0v) is 22.9. The fourth-order valence-corrected chi connectivity index (χ4v) is 4.77. The predicted octanol–water partition coefficient (Wildman–Crippen LogP) is 7.35. The number of nitrogens with zero attached hydrogens (tertiary/aromatic N) is 3. The van der Waals surface area contributed by atoms with Crippen LogP contribution in [0.5, 0.6) is 11.5 Å². The molecule has 0 spiro atoms. The van der Waals surface area contributed by atoms with Gasteiger partial charge < -0.3 is 18.9 Å². The van der Waals surface area contributed by atoms with E-state index in [1.807, 2.05) is 6.07 Å². The third kappa shape index (κ3) is 5.99. The van der Waals surface area contributed by atoms with Crippen LogP contribution in [-0.2, 0) is 13.0 Å². The molecule has 1 aromatic heterocycles. The predicted molar refractivity (Wildman–Crippen MR) is 147 cm³/mol. The van der Waals surface area contributed by atoms with Crippen LogP contribution >= 0.6 is 0 Å². The van der Waals surface area contributed by atoms with E-state index in [2.05, 4.69) is 75.1 Å². The second-order valence-electron chi connectivity index (χ2n) is 10.3. The van der Waals surface area contributed by atoms with Crippen molar-refractivity contribution in [2.24, 2.45) is 0 Å². The SMILES string of the molecule is CCCCOc1cc(OCCCC)c(C(C)C)cc1-c1onc(C#N)c1-c1ccc2c(c1)CCN(C)C2. The Morgan fingerprint density at radius 3 is 2.43 bits per heavy atom. The lowest BCUT2D eigenvalue weighted by molar-refractivity contribution is 0.291. The van der Waals surface area contributed by atoms with Crippen molar-refractivity contribution in [1.82, 2.24) is 10.1 Å². The van der Waals surface area contributed by atoms with Gasteiger partial charge in [0.25, 0.3) is 0 Å². The molecule has 196 valence electrons. The number of nitriles is 1. The van der Waals surface area contributed by atoms with Gasteiger partial charge in [-0.15, -0.1) is 0 Å². The van der Waals surface area contributed by atoms with Gasteiger partial charge in [-0.1, -0.05) is 63.9 Å². The first kappa shape index (κ1) is 26.8. The third-order valence-electron chi connectivity index (χ3n) is 6.99. The quantitative estimate of drug-likeness (QED) is 0.256. The molecule has 0 radical (unpaired) electrons. The molecule has 0 fully saturated rings. The van der Waals surface area contributed by atoms with E-state index in [0.29, 0.717) is 24.7 Å². The van der Waals surface area contributed by atoms with Gasteiger partial charge in [0.15, 0.2) is 11.5 Å². The summed E-state index contributed by atoms with van der Waals surface area (Å²) < 4.78 is 18.4. The molecule has 3 aromatic rings. The second kappa shape index (κ2) is 12.3. The van der Waals surface area contributed by atoms with Crippen LogP contribution in [0.2, 0.25) is 0 Å². The molecule has 0 unspecified atom stereocenters. The lowest BCUT2D eigenvalue weighted by Gasteiger charge is -2.25. The molecule has 6 heteroatoms. The average Bonchev–Trinajstić information content (AvgIpc) is 3.32. The van der Waals surface area contributed by atoms with Crippen molar-refractivity contribution in [1.29, 1.82) is 5.26 Å². The van der Waals surface area contributed by atoms with Crippen LogP contribution in [0.4, 0.5) is 0 Å². The number of unbranched alkanes of at least 4 members (excludes halogenated alkanes) is 2. The van der Waals surface area contributed by atoms with E-state index in [9.17, 15) is 5.26 Å². The molecular weight excluding hydrogens is 462 g/mol. The van der Waals surface area contributed by atoms with E-state index in [0.717, 1.165) is 73.2 Å². The Labute approximate surface area is 221 Å². The Morgan fingerprint density at radius 2 is 1.76 bits per heavy atom. The Hall–Kier alpha value is -3.30. The summed E-state index contributed by atoms with van der Waals surface area (Å²) in [6.07, 6.45) is 5.04. The Morgan fingerprint density at radius 1 is 1.03 bits per heavy atom. The largest absolute Gasteiger partial charge is 0.493 e. The van der Waals surface area contributed by atoms with E-state index in [1.165, 1.54) is 11.1 Å². The van der Waals surface area contributed by atoms with Crippen LogP contribution in [0.3, 0.4) is 0 Å². The van der Waals surface area contributed by atoms with Gasteiger partial charge in [0.2, 0.25) is 0 Å². The minimum absolute atomic E-state index is 0.239. The number of ether oxygens (including phenoxy) is 2. The number of aromatic nitrogens is 1. The minimum Gasteiger partial charge on any atom is -0.493 e. The lowest BCUT2D eigenvalue weighted by atomic mass is 9.91. The Balaban J connectivity index is 1.85. The summed E-state index contributed by atoms with van der Waals surface area (Å²) in [5.74, 6) is 2.35. The smallest absolute Gasteiger partial charge is 0.191 e. The molecular formula is C31H39N3O3. The molecule has 0 atom stereocenters. The van der Waals surface area contributed by atoms with Crippen molar-refractivity contribution < 1.29 is 14.0 Å². The number of benzene rings is 2. The number of hydrogen-bond acceptors (Lipinski definition) is 6. The van der Waals surface area contributed by atoms with Gasteiger partial charge in [0.1, 0.15) is 17.6 Å². The highest BCUT2D eigenvalue weighted by molar-refractivity contribution is 5.86. The van der Waals surface area contributed by atoms with Crippen LogP contribution in [0.1, 0.15) is 81.7 Å². The van der Waals surface area contributed by atoms with Crippen molar-refractivity contribution in [3.63, 3.8) is 0 Å². The maximum Gasteiger partial charge on any atom is 0.191 e. The van der Waals surface area contributed by atoms with Gasteiger partial charge in [0.05, 0.1) is 24.3 Å². The van der Waals surface area contributed by atoms with E-state index in [1.54, 1.807) is 0 Å². The molecule has 2 heterocycles. The number of rotatable bonds is 11. The van der Waals surface area contributed by atoms with E-state index in [4.69, 9.17) is 14.0 Å². The van der Waals surface area contributed by atoms with Gasteiger partial charge in [-0.05, 0) is 60.5 Å². The molecule has 1 aliphatic rings. The van der Waals surface area contributed by atoms with Crippen molar-refractivity contribution in [2.45, 2.75) is 72.3 Å². The average molecular weight is 502 g/mol. The second-order valence-corrected chi connectivity index (χ2v) is 10.3. The topological polar surface area (TPSA) is 71.5 Å². The van der Waals surface area contributed by atoms with Crippen LogP contribution < -0.4 is 9.47 Å². The number of fused-ring (bicyclic) bond motifs is 1. The molecule has 0 aliphatic carbocycles. The maximum absolute atomic E-state index is 9.93. The normalized spacial score (nSPS) is 13.4. The minimum atomic E-state index is 0.239. The molecule has 0 saturated heterocycles. The van der Waals surface area contributed by atoms with Crippen LogP contribution in [0, 0.1) is 11.3 Å². The fraction of sp³-hybridized carbons (Fsp3) is 0.484. The molecule has 2 aromatic carbocycles. The van der Waals surface area contributed by atoms with Gasteiger partial charge in [-0.3, -0.25) is 0 Å². The monoisotopic (exact) mass is 501 g/mol. The number of hydrogen-bond donors (Lipinski definition) is 0. The van der Waals surface area contributed by atoms with Crippen LogP contribution in [0.15, 0.2) is 34.9 Å². The first-order valence-corrected chi connectivity index (χ1v) is 13.6. The van der Waals surface area contributed by atoms with Gasteiger partial charge in [-0.25, -0.2) is 0 Å². The van der Waals surface area contributed by atoms with E-state index >= 15 is 0 Å². The standard InChI is InChI=1S/C31H39N3O3/c1-6-8-14-35-28-18-29(36-15-9-7-2)26(17-25(28)21(3)4)31-30(27(19-32)33-37-31)23-10-11-24-20-34(5)13-12-22(24)16-23/h10-11,16-18,21H,6-9,12-15,20H2,1-5H3. The Bertz CT molecular complexity index is 1260. The third-order valence-corrected chi connectivity index (χ3v) is 6.99. The summed E-state index contributed by atoms with van der Waals surface area (Å²) in [4.78, 5) is 2.32. The molecule has 4 rings (SSSR count). The summed E-state index contributed by atoms with van der Waals surface area (Å²) in [6, 6.07) is 12.8. The highest BCUT2D eigenvalue weighted by Crippen LogP contribution is 2.44. The number of likely N-dealkylation sites (N-methyl/N-ethyl adjacent to an activating group) is 1. The zero-order valence-electron chi connectivity index (χ0n) is 22.9. The highest BCUT2D eigenvalue weighted by atomic mass is 16.5. The van der Waals surface area contributed by atoms with Gasteiger partial charge in [0, 0.05) is 19.2 Å². The highest BCUT2D eigenvalue weighted by Gasteiger charge is 2.26. The fourth-order valence-electron chi connectivity index (χ4n) is 4.77. The first-order chi connectivity index (χ1) is 18.0. The Kier molecular flexibility index (Phi) is 8.89. The summed E-state index contributed by atoms with van der Waals surface area (Å²) >= 11 is 0. The summed E-state index contributed by atoms with van der Waals surface area (Å²) in [5.41, 5.74) is 6.50. The van der Waals surface area contributed by atoms with Crippen LogP contribution in [-0.4, -0.2) is 36.9 Å². The summed E-state index contributed by atoms with van der Waals surface area (Å²) in [6.45, 7) is 11.8. The molecule has 1 aliphatic heterocycles. The van der Waals surface area contributed by atoms with Gasteiger partial charge in [-0.2, -0.15) is 5.26 Å². The van der Waals surface area contributed by atoms with E-state index < -0.39 is 0 Å². The van der Waals surface area contributed by atoms with Crippen molar-refractivity contribution >= 4 is 0 Å². The van der Waals surface area contributed by atoms with Crippen molar-refractivity contribution in [2.75, 3.05) is 26.8 Å². The maximum atomic E-state index is 9.93. The molecule has 0 amide bonds. The zero-order chi connectivity index (χ0) is 26.4. The molecule has 6 nitrogen and oxygen atoms in total. The molecule has 37 heavy (non-hydrogen) atoms. The van der Waals surface area contributed by atoms with Crippen LogP contribution in [0.25, 0.3) is 22.5 Å². The lowest BCUT2D eigenvalue weighted by Crippen LogP contribution is -2.26. The van der Waals surface area contributed by atoms with Crippen molar-refractivity contribution in [3.05, 3.63) is 52.7 Å². The summed E-state index contributed by atoms with van der Waals surface area (Å²) in [7, 11) is 2.14.